The molecule has 6 nitrogen and oxygen atoms in total. The number of carbonyl (C=O) groups is 1. The number of carbonyl (C=O) groups excluding carboxylic acids is 1. The van der Waals surface area contributed by atoms with Crippen molar-refractivity contribution in [2.75, 3.05) is 26.3 Å². The standard InChI is InChI=1S/C19H26F2N4O2/c20-19(21)11-15(12-23)25(14-19)16(26)13-24-18(5-8-22)3-1-17(2-4-18)6-9-27-10-7-17/h15,24H,1-7,9-11,13-14H2. The Kier molecular flexibility index (Phi) is 5.69. The van der Waals surface area contributed by atoms with Gasteiger partial charge in [-0.05, 0) is 43.9 Å². The van der Waals surface area contributed by atoms with E-state index in [-0.39, 0.29) is 18.4 Å². The molecule has 0 aromatic heterocycles. The molecule has 3 aliphatic rings. The highest BCUT2D eigenvalue weighted by Gasteiger charge is 2.48. The molecule has 148 valence electrons. The minimum Gasteiger partial charge on any atom is -0.381 e. The van der Waals surface area contributed by atoms with Crippen molar-refractivity contribution < 1.29 is 18.3 Å². The third kappa shape index (κ3) is 4.39. The second kappa shape index (κ2) is 7.69. The van der Waals surface area contributed by atoms with Crippen LogP contribution < -0.4 is 5.32 Å². The maximum absolute atomic E-state index is 13.6. The van der Waals surface area contributed by atoms with Crippen LogP contribution in [0.1, 0.15) is 51.4 Å². The number of ether oxygens (including phenoxy) is 1. The first kappa shape index (κ1) is 20.0. The molecule has 1 aliphatic carbocycles. The third-order valence-corrected chi connectivity index (χ3v) is 6.59. The Morgan fingerprint density at radius 2 is 1.81 bits per heavy atom. The topological polar surface area (TPSA) is 89.2 Å². The van der Waals surface area contributed by atoms with Crippen LogP contribution in [0, 0.1) is 28.1 Å². The largest absolute Gasteiger partial charge is 0.381 e. The lowest BCUT2D eigenvalue weighted by Gasteiger charge is -2.48. The van der Waals surface area contributed by atoms with Gasteiger partial charge in [-0.2, -0.15) is 10.5 Å². The fraction of sp³-hybridized carbons (Fsp3) is 0.842. The van der Waals surface area contributed by atoms with Crippen LogP contribution in [0.15, 0.2) is 0 Å². The van der Waals surface area contributed by atoms with Crippen LogP contribution in [0.25, 0.3) is 0 Å². The Morgan fingerprint density at radius 3 is 2.41 bits per heavy atom. The fourth-order valence-electron chi connectivity index (χ4n) is 4.69. The molecule has 2 saturated heterocycles. The molecule has 1 unspecified atom stereocenters. The number of halogens is 2. The summed E-state index contributed by atoms with van der Waals surface area (Å²) >= 11 is 0. The molecule has 2 aliphatic heterocycles. The summed E-state index contributed by atoms with van der Waals surface area (Å²) in [4.78, 5) is 13.4. The average Bonchev–Trinajstić information content (AvgIpc) is 2.98. The molecule has 1 atom stereocenters. The zero-order valence-corrected chi connectivity index (χ0v) is 15.5. The molecule has 8 heteroatoms. The molecule has 0 aromatic carbocycles. The van der Waals surface area contributed by atoms with Crippen LogP contribution in [0.2, 0.25) is 0 Å². The van der Waals surface area contributed by atoms with Crippen LogP contribution in [0.5, 0.6) is 0 Å². The number of likely N-dealkylation sites (tertiary alicyclic amines) is 1. The van der Waals surface area contributed by atoms with Crippen LogP contribution in [-0.4, -0.2) is 54.6 Å². The lowest BCUT2D eigenvalue weighted by Crippen LogP contribution is -2.54. The van der Waals surface area contributed by atoms with Gasteiger partial charge in [-0.25, -0.2) is 8.78 Å². The first-order valence-corrected chi connectivity index (χ1v) is 9.59. The molecule has 3 rings (SSSR count). The Labute approximate surface area is 158 Å². The Balaban J connectivity index is 1.60. The normalized spacial score (nSPS) is 28.4. The fourth-order valence-corrected chi connectivity index (χ4v) is 4.69. The van der Waals surface area contributed by atoms with Crippen molar-refractivity contribution in [2.24, 2.45) is 5.41 Å². The second-order valence-corrected chi connectivity index (χ2v) is 8.31. The van der Waals surface area contributed by atoms with Crippen LogP contribution in [0.3, 0.4) is 0 Å². The zero-order chi connectivity index (χ0) is 19.5. The molecule has 3 fully saturated rings. The van der Waals surface area contributed by atoms with Crippen LogP contribution in [-0.2, 0) is 9.53 Å². The molecule has 2 heterocycles. The highest BCUT2D eigenvalue weighted by Crippen LogP contribution is 2.48. The van der Waals surface area contributed by atoms with Crippen LogP contribution >= 0.6 is 0 Å². The van der Waals surface area contributed by atoms with E-state index < -0.39 is 36.4 Å². The van der Waals surface area contributed by atoms with E-state index >= 15 is 0 Å². The van der Waals surface area contributed by atoms with Crippen LogP contribution in [0.4, 0.5) is 8.78 Å². The number of amides is 1. The maximum Gasteiger partial charge on any atom is 0.268 e. The summed E-state index contributed by atoms with van der Waals surface area (Å²) in [5.41, 5.74) is -0.190. The summed E-state index contributed by atoms with van der Waals surface area (Å²) in [5.74, 6) is -3.51. The van der Waals surface area contributed by atoms with E-state index in [2.05, 4.69) is 11.4 Å². The third-order valence-electron chi connectivity index (χ3n) is 6.59. The van der Waals surface area contributed by atoms with E-state index in [9.17, 15) is 18.8 Å². The number of hydrogen-bond acceptors (Lipinski definition) is 5. The van der Waals surface area contributed by atoms with Crippen molar-refractivity contribution >= 4 is 5.91 Å². The van der Waals surface area contributed by atoms with Gasteiger partial charge < -0.3 is 15.0 Å². The average molecular weight is 380 g/mol. The number of hydrogen-bond donors (Lipinski definition) is 1. The highest BCUT2D eigenvalue weighted by atomic mass is 19.3. The second-order valence-electron chi connectivity index (χ2n) is 8.31. The number of nitriles is 2. The van der Waals surface area contributed by atoms with Crippen molar-refractivity contribution in [3.63, 3.8) is 0 Å². The molecule has 1 N–H and O–H groups in total. The minimum atomic E-state index is -3.01. The summed E-state index contributed by atoms with van der Waals surface area (Å²) in [6, 6.07) is 2.92. The Morgan fingerprint density at radius 1 is 1.15 bits per heavy atom. The summed E-state index contributed by atoms with van der Waals surface area (Å²) in [6.07, 6.45) is 5.25. The first-order chi connectivity index (χ1) is 12.8. The van der Waals surface area contributed by atoms with Crippen molar-refractivity contribution in [3.8, 4) is 12.1 Å². The monoisotopic (exact) mass is 380 g/mol. The summed E-state index contributed by atoms with van der Waals surface area (Å²) in [5, 5.41) is 21.5. The summed E-state index contributed by atoms with van der Waals surface area (Å²) in [7, 11) is 0. The highest BCUT2D eigenvalue weighted by molar-refractivity contribution is 5.79. The predicted octanol–water partition coefficient (Wildman–Crippen LogP) is 2.36. The van der Waals surface area contributed by atoms with E-state index in [1.54, 1.807) is 6.07 Å². The lowest BCUT2D eigenvalue weighted by atomic mass is 9.63. The molecule has 0 bridgehead atoms. The summed E-state index contributed by atoms with van der Waals surface area (Å²) < 4.78 is 32.6. The van der Waals surface area contributed by atoms with Gasteiger partial charge in [0.2, 0.25) is 5.91 Å². The molecule has 27 heavy (non-hydrogen) atoms. The van der Waals surface area contributed by atoms with Gasteiger partial charge in [0.05, 0.1) is 31.6 Å². The van der Waals surface area contributed by atoms with Crippen molar-refractivity contribution in [2.45, 2.75) is 68.9 Å². The van der Waals surface area contributed by atoms with E-state index in [4.69, 9.17) is 10.00 Å². The van der Waals surface area contributed by atoms with E-state index in [1.807, 2.05) is 0 Å². The van der Waals surface area contributed by atoms with Crippen molar-refractivity contribution in [1.82, 2.24) is 10.2 Å². The zero-order valence-electron chi connectivity index (χ0n) is 15.5. The minimum absolute atomic E-state index is 0.119. The van der Waals surface area contributed by atoms with E-state index in [0.29, 0.717) is 0 Å². The van der Waals surface area contributed by atoms with Gasteiger partial charge >= 0.3 is 0 Å². The Bertz CT molecular complexity index is 639. The number of nitrogens with one attached hydrogen (secondary N) is 1. The van der Waals surface area contributed by atoms with Gasteiger partial charge in [-0.15, -0.1) is 0 Å². The molecular formula is C19H26F2N4O2. The summed E-state index contributed by atoms with van der Waals surface area (Å²) in [6.45, 7) is 0.720. The van der Waals surface area contributed by atoms with E-state index in [0.717, 1.165) is 56.6 Å². The number of rotatable bonds is 4. The SMILES string of the molecule is N#CCC1(NCC(=O)N2CC(F)(F)CC2C#N)CCC2(CCOCC2)CC1. The van der Waals surface area contributed by atoms with Gasteiger partial charge in [0.1, 0.15) is 6.04 Å². The Hall–Kier alpha value is -1.77. The molecular weight excluding hydrogens is 354 g/mol. The molecule has 1 saturated carbocycles. The van der Waals surface area contributed by atoms with Gasteiger partial charge in [-0.3, -0.25) is 4.79 Å². The van der Waals surface area contributed by atoms with Gasteiger partial charge in [0.25, 0.3) is 5.92 Å². The number of nitrogens with zero attached hydrogens (tertiary/aromatic N) is 3. The van der Waals surface area contributed by atoms with Gasteiger partial charge in [-0.1, -0.05) is 0 Å². The van der Waals surface area contributed by atoms with Crippen molar-refractivity contribution in [3.05, 3.63) is 0 Å². The molecule has 0 radical (unpaired) electrons. The number of alkyl halides is 2. The lowest BCUT2D eigenvalue weighted by molar-refractivity contribution is -0.132. The smallest absolute Gasteiger partial charge is 0.268 e. The first-order valence-electron chi connectivity index (χ1n) is 9.59. The van der Waals surface area contributed by atoms with Gasteiger partial charge in [0, 0.05) is 25.2 Å². The molecule has 1 amide bonds. The molecule has 1 spiro atoms. The quantitative estimate of drug-likeness (QED) is 0.809. The van der Waals surface area contributed by atoms with Gasteiger partial charge in [0.15, 0.2) is 0 Å². The predicted molar refractivity (Wildman–Crippen MR) is 92.6 cm³/mol. The maximum atomic E-state index is 13.6. The van der Waals surface area contributed by atoms with E-state index in [1.165, 1.54) is 0 Å². The van der Waals surface area contributed by atoms with Crippen molar-refractivity contribution in [1.29, 1.82) is 10.5 Å². The molecule has 0 aromatic rings.